The van der Waals surface area contributed by atoms with Crippen LogP contribution in [0.2, 0.25) is 0 Å². The SMILES string of the molecule is COc1ccc(-c2nc3ccccc3c(=O)n2CCCCCCOc2cc(C(C)C)ccc2C)cc1. The maximum Gasteiger partial charge on any atom is 0.261 e. The van der Waals surface area contributed by atoms with Crippen LogP contribution < -0.4 is 15.0 Å². The quantitative estimate of drug-likeness (QED) is 0.212. The van der Waals surface area contributed by atoms with Gasteiger partial charge in [0.15, 0.2) is 0 Å². The Morgan fingerprint density at radius 3 is 2.42 bits per heavy atom. The Kier molecular flexibility index (Phi) is 8.42. The lowest BCUT2D eigenvalue weighted by atomic mass is 10.0. The minimum Gasteiger partial charge on any atom is -0.497 e. The van der Waals surface area contributed by atoms with Gasteiger partial charge in [-0.2, -0.15) is 0 Å². The molecule has 0 saturated carbocycles. The van der Waals surface area contributed by atoms with Gasteiger partial charge >= 0.3 is 0 Å². The van der Waals surface area contributed by atoms with E-state index < -0.39 is 0 Å². The maximum atomic E-state index is 13.4. The summed E-state index contributed by atoms with van der Waals surface area (Å²) in [6.45, 7) is 7.83. The first-order chi connectivity index (χ1) is 17.5. The molecule has 5 heteroatoms. The van der Waals surface area contributed by atoms with Crippen LogP contribution in [0.1, 0.15) is 56.6 Å². The molecule has 0 aliphatic carbocycles. The van der Waals surface area contributed by atoms with E-state index in [1.54, 1.807) is 7.11 Å². The fourth-order valence-electron chi connectivity index (χ4n) is 4.37. The van der Waals surface area contributed by atoms with Crippen LogP contribution in [0.15, 0.2) is 71.5 Å². The molecule has 3 aromatic carbocycles. The van der Waals surface area contributed by atoms with E-state index in [0.29, 0.717) is 30.3 Å². The number of benzene rings is 3. The van der Waals surface area contributed by atoms with Crippen molar-refractivity contribution < 1.29 is 9.47 Å². The summed E-state index contributed by atoms with van der Waals surface area (Å²) in [5, 5.41) is 0.655. The van der Waals surface area contributed by atoms with Crippen molar-refractivity contribution in [3.63, 3.8) is 0 Å². The molecule has 0 aliphatic heterocycles. The van der Waals surface area contributed by atoms with Crippen molar-refractivity contribution in [3.8, 4) is 22.9 Å². The second-order valence-electron chi connectivity index (χ2n) is 9.58. The van der Waals surface area contributed by atoms with Gasteiger partial charge in [0.25, 0.3) is 5.56 Å². The second-order valence-corrected chi connectivity index (χ2v) is 9.58. The van der Waals surface area contributed by atoms with Crippen LogP contribution in [-0.2, 0) is 6.54 Å². The molecule has 0 spiro atoms. The van der Waals surface area contributed by atoms with Crippen LogP contribution in [0.25, 0.3) is 22.3 Å². The lowest BCUT2D eigenvalue weighted by Crippen LogP contribution is -2.23. The van der Waals surface area contributed by atoms with Crippen molar-refractivity contribution in [1.82, 2.24) is 9.55 Å². The number of fused-ring (bicyclic) bond motifs is 1. The Bertz CT molecular complexity index is 1360. The van der Waals surface area contributed by atoms with Gasteiger partial charge in [0.2, 0.25) is 0 Å². The zero-order valence-electron chi connectivity index (χ0n) is 21.8. The number of methoxy groups -OCH3 is 1. The lowest BCUT2D eigenvalue weighted by Gasteiger charge is -2.14. The monoisotopic (exact) mass is 484 g/mol. The molecule has 4 aromatic rings. The number of aromatic nitrogens is 2. The number of unbranched alkanes of at least 4 members (excludes halogenated alkanes) is 3. The predicted octanol–water partition coefficient (Wildman–Crippen LogP) is 7.14. The predicted molar refractivity (Wildman–Crippen MR) is 147 cm³/mol. The van der Waals surface area contributed by atoms with Crippen molar-refractivity contribution in [1.29, 1.82) is 0 Å². The number of ether oxygens (including phenoxy) is 2. The molecule has 1 heterocycles. The van der Waals surface area contributed by atoms with Gasteiger partial charge in [0.1, 0.15) is 17.3 Å². The first-order valence-corrected chi connectivity index (χ1v) is 12.9. The fraction of sp³-hybridized carbons (Fsp3) is 0.355. The first kappa shape index (κ1) is 25.5. The molecule has 0 unspecified atom stereocenters. The van der Waals surface area contributed by atoms with Gasteiger partial charge in [0.05, 0.1) is 24.6 Å². The fourth-order valence-corrected chi connectivity index (χ4v) is 4.37. The highest BCUT2D eigenvalue weighted by Crippen LogP contribution is 2.25. The third-order valence-electron chi connectivity index (χ3n) is 6.62. The van der Waals surface area contributed by atoms with Gasteiger partial charge in [-0.3, -0.25) is 9.36 Å². The molecule has 0 fully saturated rings. The van der Waals surface area contributed by atoms with Gasteiger partial charge in [-0.1, -0.05) is 51.0 Å². The molecule has 0 amide bonds. The second kappa shape index (κ2) is 11.9. The van der Waals surface area contributed by atoms with Crippen LogP contribution in [-0.4, -0.2) is 23.3 Å². The van der Waals surface area contributed by atoms with Gasteiger partial charge < -0.3 is 9.47 Å². The summed E-state index contributed by atoms with van der Waals surface area (Å²) in [6.07, 6.45) is 3.97. The average molecular weight is 485 g/mol. The van der Waals surface area contributed by atoms with Crippen LogP contribution in [0.4, 0.5) is 0 Å². The van der Waals surface area contributed by atoms with E-state index in [0.717, 1.165) is 48.3 Å². The Morgan fingerprint density at radius 2 is 1.67 bits per heavy atom. The molecule has 0 N–H and O–H groups in total. The molecule has 0 bridgehead atoms. The molecule has 188 valence electrons. The van der Waals surface area contributed by atoms with Gasteiger partial charge in [0, 0.05) is 12.1 Å². The van der Waals surface area contributed by atoms with Crippen molar-refractivity contribution >= 4 is 10.9 Å². The minimum absolute atomic E-state index is 0.00950. The molecule has 0 aliphatic rings. The van der Waals surface area contributed by atoms with E-state index in [4.69, 9.17) is 14.5 Å². The summed E-state index contributed by atoms with van der Waals surface area (Å²) in [6, 6.07) is 21.8. The van der Waals surface area contributed by atoms with Crippen molar-refractivity contribution in [2.24, 2.45) is 0 Å². The normalized spacial score (nSPS) is 11.2. The Balaban J connectivity index is 1.38. The largest absolute Gasteiger partial charge is 0.497 e. The van der Waals surface area contributed by atoms with E-state index in [-0.39, 0.29) is 5.56 Å². The van der Waals surface area contributed by atoms with Crippen LogP contribution >= 0.6 is 0 Å². The minimum atomic E-state index is 0.00950. The molecular formula is C31H36N2O3. The van der Waals surface area contributed by atoms with E-state index >= 15 is 0 Å². The van der Waals surface area contributed by atoms with Gasteiger partial charge in [-0.15, -0.1) is 0 Å². The van der Waals surface area contributed by atoms with Crippen molar-refractivity contribution in [3.05, 3.63) is 88.2 Å². The third-order valence-corrected chi connectivity index (χ3v) is 6.62. The highest BCUT2D eigenvalue weighted by molar-refractivity contribution is 5.79. The summed E-state index contributed by atoms with van der Waals surface area (Å²) < 4.78 is 13.2. The molecule has 4 rings (SSSR count). The topological polar surface area (TPSA) is 53.3 Å². The number of hydrogen-bond acceptors (Lipinski definition) is 4. The first-order valence-electron chi connectivity index (χ1n) is 12.9. The van der Waals surface area contributed by atoms with Crippen molar-refractivity contribution in [2.75, 3.05) is 13.7 Å². The van der Waals surface area contributed by atoms with E-state index in [1.165, 1.54) is 11.1 Å². The molecule has 0 saturated heterocycles. The number of aryl methyl sites for hydroxylation is 1. The average Bonchev–Trinajstić information content (AvgIpc) is 2.90. The van der Waals surface area contributed by atoms with Crippen LogP contribution in [0.3, 0.4) is 0 Å². The standard InChI is InChI=1S/C31H36N2O3/c1-22(2)25-14-13-23(3)29(21-25)36-20-10-6-5-9-19-33-30(24-15-17-26(35-4)18-16-24)32-28-12-8-7-11-27(28)31(33)34/h7-8,11-18,21-22H,5-6,9-10,19-20H2,1-4H3. The number of hydrogen-bond donors (Lipinski definition) is 0. The third kappa shape index (κ3) is 5.96. The van der Waals surface area contributed by atoms with Crippen molar-refractivity contribution in [2.45, 2.75) is 58.9 Å². The highest BCUT2D eigenvalue weighted by atomic mass is 16.5. The molecule has 0 atom stereocenters. The summed E-state index contributed by atoms with van der Waals surface area (Å²) in [5.41, 5.74) is 4.12. The number of para-hydroxylation sites is 1. The summed E-state index contributed by atoms with van der Waals surface area (Å²) in [7, 11) is 1.65. The van der Waals surface area contributed by atoms with E-state index in [9.17, 15) is 4.79 Å². The number of rotatable bonds is 11. The molecule has 0 radical (unpaired) electrons. The molecular weight excluding hydrogens is 448 g/mol. The summed E-state index contributed by atoms with van der Waals surface area (Å²) in [4.78, 5) is 18.2. The zero-order valence-corrected chi connectivity index (χ0v) is 21.8. The van der Waals surface area contributed by atoms with Gasteiger partial charge in [-0.05, 0) is 79.3 Å². The Hall–Kier alpha value is -3.60. The van der Waals surface area contributed by atoms with Gasteiger partial charge in [-0.25, -0.2) is 4.98 Å². The molecule has 36 heavy (non-hydrogen) atoms. The highest BCUT2D eigenvalue weighted by Gasteiger charge is 2.13. The maximum absolute atomic E-state index is 13.4. The van der Waals surface area contributed by atoms with Crippen LogP contribution in [0, 0.1) is 6.92 Å². The van der Waals surface area contributed by atoms with Crippen LogP contribution in [0.5, 0.6) is 11.5 Å². The zero-order chi connectivity index (χ0) is 25.5. The molecule has 5 nitrogen and oxygen atoms in total. The molecule has 1 aromatic heterocycles. The smallest absolute Gasteiger partial charge is 0.261 e. The summed E-state index contributed by atoms with van der Waals surface area (Å²) >= 11 is 0. The number of nitrogens with zero attached hydrogens (tertiary/aromatic N) is 2. The van der Waals surface area contributed by atoms with E-state index in [1.807, 2.05) is 53.1 Å². The lowest BCUT2D eigenvalue weighted by molar-refractivity contribution is 0.301. The van der Waals surface area contributed by atoms with E-state index in [2.05, 4.69) is 39.0 Å². The summed E-state index contributed by atoms with van der Waals surface area (Å²) in [5.74, 6) is 2.95. The Labute approximate surface area is 213 Å². The Morgan fingerprint density at radius 1 is 0.917 bits per heavy atom.